The Morgan fingerprint density at radius 2 is 1.07 bits per heavy atom. The summed E-state index contributed by atoms with van der Waals surface area (Å²) in [5.41, 5.74) is 7.38. The van der Waals surface area contributed by atoms with E-state index in [2.05, 4.69) is 48.3 Å². The van der Waals surface area contributed by atoms with Crippen LogP contribution in [-0.4, -0.2) is 58.7 Å². The van der Waals surface area contributed by atoms with Crippen LogP contribution in [0.15, 0.2) is 126 Å². The number of nitrogens with zero attached hydrogens (tertiary/aromatic N) is 8. The van der Waals surface area contributed by atoms with E-state index in [4.69, 9.17) is 74.8 Å². The smallest absolute Gasteiger partial charge is 0.370 e. The quantitative estimate of drug-likeness (QED) is 0.218. The molecule has 3 aliphatic carbocycles. The Hall–Kier alpha value is -4.07. The van der Waals surface area contributed by atoms with Gasteiger partial charge >= 0.3 is 13.7 Å². The molecule has 2 unspecified atom stereocenters. The zero-order valence-electron chi connectivity index (χ0n) is 31.0. The molecule has 0 radical (unpaired) electrons. The first-order valence-corrected chi connectivity index (χ1v) is 21.9. The number of halogens is 4. The van der Waals surface area contributed by atoms with Crippen LogP contribution in [0, 0.1) is 5.41 Å². The fourth-order valence-corrected chi connectivity index (χ4v) is 10.5. The number of alkyl halides is 3. The molecular formula is C42H35AlCl4N8. The van der Waals surface area contributed by atoms with Gasteiger partial charge in [-0.25, -0.2) is 30.0 Å². The molecule has 13 heteroatoms. The third kappa shape index (κ3) is 6.21. The van der Waals surface area contributed by atoms with E-state index in [1.54, 1.807) is 6.08 Å². The van der Waals surface area contributed by atoms with Crippen molar-refractivity contribution in [2.24, 2.45) is 35.4 Å². The first-order valence-electron chi connectivity index (χ1n) is 18.0. The molecule has 7 aliphatic rings. The summed E-state index contributed by atoms with van der Waals surface area (Å²) in [5, 5.41) is 0. The zero-order chi connectivity index (χ0) is 38.8. The third-order valence-corrected chi connectivity index (χ3v) is 13.8. The van der Waals surface area contributed by atoms with Crippen molar-refractivity contribution in [2.45, 2.75) is 56.2 Å². The molecule has 4 aliphatic heterocycles. The van der Waals surface area contributed by atoms with Gasteiger partial charge in [0, 0.05) is 50.0 Å². The maximum Gasteiger partial charge on any atom is 0.722 e. The lowest BCUT2D eigenvalue weighted by Crippen LogP contribution is -2.43. The summed E-state index contributed by atoms with van der Waals surface area (Å²) in [7, 11) is 8.02. The highest BCUT2D eigenvalue weighted by Crippen LogP contribution is 2.44. The molecule has 6 heterocycles. The normalized spacial score (nSPS) is 25.3. The van der Waals surface area contributed by atoms with Crippen LogP contribution in [0.3, 0.4) is 0 Å². The van der Waals surface area contributed by atoms with Gasteiger partial charge in [-0.1, -0.05) is 112 Å². The average Bonchev–Trinajstić information content (AvgIpc) is 3.66. The molecular weight excluding hydrogens is 785 g/mol. The molecule has 274 valence electrons. The van der Waals surface area contributed by atoms with Gasteiger partial charge in [-0.05, 0) is 27.7 Å². The molecule has 0 fully saturated rings. The molecule has 0 amide bonds. The molecule has 0 aromatic carbocycles. The van der Waals surface area contributed by atoms with Crippen LogP contribution in [0.1, 0.15) is 63.8 Å². The number of hydrogen-bond donors (Lipinski definition) is 0. The number of fused-ring (bicyclic) bond motifs is 10. The first kappa shape index (κ1) is 36.6. The second-order valence-electron chi connectivity index (χ2n) is 15.8. The molecule has 0 saturated heterocycles. The van der Waals surface area contributed by atoms with Gasteiger partial charge in [-0.2, -0.15) is 10.0 Å². The Bertz CT molecular complexity index is 2740. The lowest BCUT2D eigenvalue weighted by molar-refractivity contribution is 0.633. The second-order valence-corrected chi connectivity index (χ2v) is 21.3. The Morgan fingerprint density at radius 1 is 0.618 bits per heavy atom. The first-order chi connectivity index (χ1) is 25.9. The number of rotatable bonds is 3. The molecule has 2 atom stereocenters. The van der Waals surface area contributed by atoms with Crippen molar-refractivity contribution in [3.63, 3.8) is 0 Å². The summed E-state index contributed by atoms with van der Waals surface area (Å²) in [6.07, 6.45) is 29.9. The van der Waals surface area contributed by atoms with Crippen LogP contribution in [0.25, 0.3) is 24.3 Å². The molecule has 0 spiro atoms. The molecule has 0 saturated carbocycles. The molecule has 6 bridgehead atoms. The molecule has 9 rings (SSSR count). The summed E-state index contributed by atoms with van der Waals surface area (Å²) in [6, 6.07) is 0. The Labute approximate surface area is 343 Å². The molecule has 2 aromatic rings. The van der Waals surface area contributed by atoms with Crippen LogP contribution < -0.4 is 11.0 Å². The van der Waals surface area contributed by atoms with Crippen LogP contribution in [0.4, 0.5) is 11.6 Å². The predicted octanol–water partition coefficient (Wildman–Crippen LogP) is 9.64. The zero-order valence-corrected chi connectivity index (χ0v) is 35.2. The SMILES string of the molecule is C=CC1=C(/C=C\C(C)(C)Cl)C2=Nc3c4c(c5[n]3[Al]([Cl])[n]3c(c6c(c3=NC1=N2)C=CC(C)(C)C=C6)=NC1=NC(=N5)C2=C1C=CC(C)(Cl)C=C2)C=CC(C)(Cl)C=C4. The average molecular weight is 821 g/mol. The molecule has 0 N–H and O–H groups in total. The topological polar surface area (TPSA) is 84.0 Å². The summed E-state index contributed by atoms with van der Waals surface area (Å²) < 4.78 is 4.11. The number of aliphatic imine (C=N–C) groups is 4. The maximum atomic E-state index is 8.02. The van der Waals surface area contributed by atoms with Gasteiger partial charge in [-0.15, -0.1) is 34.8 Å². The monoisotopic (exact) mass is 818 g/mol. The highest BCUT2D eigenvalue weighted by molar-refractivity contribution is 7.05. The molecule has 55 heavy (non-hydrogen) atoms. The largest absolute Gasteiger partial charge is 0.722 e. The van der Waals surface area contributed by atoms with E-state index in [0.29, 0.717) is 46.0 Å². The maximum absolute atomic E-state index is 8.02. The number of amidine groups is 4. The number of aromatic nitrogens is 2. The summed E-state index contributed by atoms with van der Waals surface area (Å²) in [4.78, 5) is 29.6. The lowest BCUT2D eigenvalue weighted by atomic mass is 9.93. The third-order valence-electron chi connectivity index (χ3n) is 10.2. The molecule has 2 aromatic heterocycles. The second kappa shape index (κ2) is 12.5. The van der Waals surface area contributed by atoms with E-state index in [9.17, 15) is 0 Å². The van der Waals surface area contributed by atoms with Crippen molar-refractivity contribution >= 4 is 118 Å². The predicted molar refractivity (Wildman–Crippen MR) is 233 cm³/mol. The molecule has 8 nitrogen and oxygen atoms in total. The Balaban J connectivity index is 1.50. The van der Waals surface area contributed by atoms with Crippen molar-refractivity contribution < 1.29 is 0 Å². The highest BCUT2D eigenvalue weighted by Gasteiger charge is 2.41. The van der Waals surface area contributed by atoms with E-state index >= 15 is 0 Å². The number of hydrogen-bond acceptors (Lipinski definition) is 6. The van der Waals surface area contributed by atoms with Crippen LogP contribution in [0.2, 0.25) is 0 Å². The van der Waals surface area contributed by atoms with Crippen LogP contribution in [-0.2, 0) is 0 Å². The van der Waals surface area contributed by atoms with Crippen molar-refractivity contribution in [3.8, 4) is 0 Å². The fourth-order valence-electron chi connectivity index (χ4n) is 7.22. The highest BCUT2D eigenvalue weighted by atomic mass is 35.6. The van der Waals surface area contributed by atoms with E-state index in [1.165, 1.54) is 0 Å². The van der Waals surface area contributed by atoms with Gasteiger partial charge in [0.15, 0.2) is 23.3 Å². The summed E-state index contributed by atoms with van der Waals surface area (Å²) in [6.45, 7) is 16.2. The van der Waals surface area contributed by atoms with Crippen molar-refractivity contribution in [2.75, 3.05) is 0 Å². The van der Waals surface area contributed by atoms with Crippen LogP contribution in [0.5, 0.6) is 0 Å². The van der Waals surface area contributed by atoms with E-state index in [0.717, 1.165) is 44.5 Å². The fraction of sp³-hybridized carbons (Fsp3) is 0.238. The minimum atomic E-state index is -2.97. The van der Waals surface area contributed by atoms with Gasteiger partial charge < -0.3 is 7.10 Å². The van der Waals surface area contributed by atoms with E-state index in [1.807, 2.05) is 92.0 Å². The lowest BCUT2D eigenvalue weighted by Gasteiger charge is -2.17. The van der Waals surface area contributed by atoms with Gasteiger partial charge in [0.2, 0.25) is 0 Å². The van der Waals surface area contributed by atoms with E-state index in [-0.39, 0.29) is 5.41 Å². The summed E-state index contributed by atoms with van der Waals surface area (Å²) in [5.74, 6) is 3.05. The Morgan fingerprint density at radius 3 is 1.62 bits per heavy atom. The number of allylic oxidation sites excluding steroid dienone is 7. The Kier molecular flexibility index (Phi) is 8.29. The van der Waals surface area contributed by atoms with Gasteiger partial charge in [-0.3, -0.25) is 0 Å². The van der Waals surface area contributed by atoms with E-state index < -0.39 is 28.3 Å². The van der Waals surface area contributed by atoms with Gasteiger partial charge in [0.25, 0.3) is 0 Å². The van der Waals surface area contributed by atoms with Crippen molar-refractivity contribution in [3.05, 3.63) is 129 Å². The van der Waals surface area contributed by atoms with Crippen molar-refractivity contribution in [1.82, 2.24) is 7.10 Å². The standard InChI is InChI=1S/C42H35Cl3N8.Al.ClH/c1-8-23-24(11-18-40(4,5)43)32-46-31(23)47-33-25-9-16-39(2,3)17-10-26(25)34(49-33)50-36-29-14-21-42(7,45)22-15-30(29)38(52-36)53-37-28-13-20-41(6,44)19-12-27(28)35(48-32)51-37;;/h8-22H,1H2,2-7H3;;1H/q-2;+3;/p-1/b18-11-;;. The summed E-state index contributed by atoms with van der Waals surface area (Å²) >= 11 is 17.6. The van der Waals surface area contributed by atoms with Crippen molar-refractivity contribution in [1.29, 1.82) is 0 Å². The van der Waals surface area contributed by atoms with Crippen LogP contribution >= 0.6 is 44.9 Å². The minimum absolute atomic E-state index is 0.239. The van der Waals surface area contributed by atoms with Gasteiger partial charge in [0.1, 0.15) is 22.6 Å². The van der Waals surface area contributed by atoms with Gasteiger partial charge in [0.05, 0.1) is 14.6 Å². The minimum Gasteiger partial charge on any atom is -0.370 e.